The van der Waals surface area contributed by atoms with Gasteiger partial charge < -0.3 is 24.1 Å². The van der Waals surface area contributed by atoms with Crippen LogP contribution in [0.3, 0.4) is 0 Å². The standard InChI is InChI=1S/C15H24O5/c1-7-9(16)11-13(20-15(5,6)18-11)12-10(8-2)17-14(3,4)19-12/h7-13,16H,1-2H2,3-6H3/t9-,10+,11-,12+,13-/m0/s1. The van der Waals surface area contributed by atoms with Crippen molar-refractivity contribution in [3.05, 3.63) is 25.3 Å². The van der Waals surface area contributed by atoms with Gasteiger partial charge in [0, 0.05) is 0 Å². The van der Waals surface area contributed by atoms with Gasteiger partial charge in [0.25, 0.3) is 0 Å². The maximum atomic E-state index is 10.1. The molecule has 0 aromatic carbocycles. The monoisotopic (exact) mass is 284 g/mol. The van der Waals surface area contributed by atoms with E-state index in [2.05, 4.69) is 13.2 Å². The summed E-state index contributed by atoms with van der Waals surface area (Å²) < 4.78 is 23.4. The summed E-state index contributed by atoms with van der Waals surface area (Å²) in [6.45, 7) is 14.7. The van der Waals surface area contributed by atoms with E-state index in [-0.39, 0.29) is 12.2 Å². The Morgan fingerprint density at radius 2 is 1.50 bits per heavy atom. The fraction of sp³-hybridized carbons (Fsp3) is 0.733. The summed E-state index contributed by atoms with van der Waals surface area (Å²) in [6, 6.07) is 0. The molecule has 2 fully saturated rings. The van der Waals surface area contributed by atoms with Gasteiger partial charge in [-0.25, -0.2) is 0 Å². The minimum Gasteiger partial charge on any atom is -0.386 e. The lowest BCUT2D eigenvalue weighted by molar-refractivity contribution is -0.175. The topological polar surface area (TPSA) is 57.2 Å². The number of rotatable bonds is 4. The lowest BCUT2D eigenvalue weighted by atomic mass is 9.99. The van der Waals surface area contributed by atoms with Crippen molar-refractivity contribution in [2.45, 2.75) is 69.8 Å². The molecule has 5 atom stereocenters. The SMILES string of the molecule is C=C[C@H](O)[C@@H]1OC(C)(C)O[C@@H]1[C@@H]1OC(C)(C)O[C@@H]1C=C. The van der Waals surface area contributed by atoms with Crippen LogP contribution in [0.15, 0.2) is 25.3 Å². The van der Waals surface area contributed by atoms with Gasteiger partial charge in [0.15, 0.2) is 11.6 Å². The molecule has 2 rings (SSSR count). The van der Waals surface area contributed by atoms with Crippen LogP contribution in [-0.2, 0) is 18.9 Å². The number of hydrogen-bond acceptors (Lipinski definition) is 5. The Labute approximate surface area is 120 Å². The molecule has 114 valence electrons. The highest BCUT2D eigenvalue weighted by molar-refractivity contribution is 5.04. The highest BCUT2D eigenvalue weighted by Crippen LogP contribution is 2.39. The second-order valence-electron chi connectivity index (χ2n) is 6.09. The van der Waals surface area contributed by atoms with Gasteiger partial charge in [-0.3, -0.25) is 0 Å². The summed E-state index contributed by atoms with van der Waals surface area (Å²) in [5, 5.41) is 10.1. The minimum absolute atomic E-state index is 0.313. The Morgan fingerprint density at radius 1 is 0.950 bits per heavy atom. The van der Waals surface area contributed by atoms with Crippen molar-refractivity contribution in [3.8, 4) is 0 Å². The van der Waals surface area contributed by atoms with Crippen molar-refractivity contribution >= 4 is 0 Å². The van der Waals surface area contributed by atoms with Gasteiger partial charge in [0.05, 0.1) is 0 Å². The quantitative estimate of drug-likeness (QED) is 0.797. The third kappa shape index (κ3) is 2.97. The van der Waals surface area contributed by atoms with Gasteiger partial charge in [-0.15, -0.1) is 13.2 Å². The van der Waals surface area contributed by atoms with E-state index in [4.69, 9.17) is 18.9 Å². The Bertz CT molecular complexity index is 390. The molecular formula is C15H24O5. The van der Waals surface area contributed by atoms with Crippen LogP contribution in [0.4, 0.5) is 0 Å². The highest BCUT2D eigenvalue weighted by Gasteiger charge is 2.54. The zero-order chi connectivity index (χ0) is 15.1. The summed E-state index contributed by atoms with van der Waals surface area (Å²) in [5.74, 6) is -1.51. The molecule has 0 spiro atoms. The molecule has 0 aromatic heterocycles. The van der Waals surface area contributed by atoms with E-state index in [0.717, 1.165) is 0 Å². The molecular weight excluding hydrogens is 260 g/mol. The Morgan fingerprint density at radius 3 is 2.05 bits per heavy atom. The Kier molecular flexibility index (Phi) is 4.10. The summed E-state index contributed by atoms with van der Waals surface area (Å²) in [5.41, 5.74) is 0. The second kappa shape index (κ2) is 5.24. The average molecular weight is 284 g/mol. The van der Waals surface area contributed by atoms with Crippen LogP contribution in [0.25, 0.3) is 0 Å². The zero-order valence-corrected chi connectivity index (χ0v) is 12.5. The van der Waals surface area contributed by atoms with Crippen molar-refractivity contribution in [3.63, 3.8) is 0 Å². The van der Waals surface area contributed by atoms with E-state index in [0.29, 0.717) is 0 Å². The predicted octanol–water partition coefficient (Wildman–Crippen LogP) is 1.76. The number of aliphatic hydroxyl groups excluding tert-OH is 1. The Balaban J connectivity index is 2.24. The molecule has 20 heavy (non-hydrogen) atoms. The summed E-state index contributed by atoms with van der Waals surface area (Å²) in [6.07, 6.45) is 0.586. The predicted molar refractivity (Wildman–Crippen MR) is 74.1 cm³/mol. The van der Waals surface area contributed by atoms with Gasteiger partial charge >= 0.3 is 0 Å². The van der Waals surface area contributed by atoms with Gasteiger partial charge in [0.2, 0.25) is 0 Å². The van der Waals surface area contributed by atoms with E-state index >= 15 is 0 Å². The first-order chi connectivity index (χ1) is 9.19. The van der Waals surface area contributed by atoms with E-state index in [1.165, 1.54) is 6.08 Å². The van der Waals surface area contributed by atoms with Gasteiger partial charge in [-0.05, 0) is 27.7 Å². The largest absolute Gasteiger partial charge is 0.386 e. The van der Waals surface area contributed by atoms with E-state index < -0.39 is 29.9 Å². The van der Waals surface area contributed by atoms with E-state index in [1.807, 2.05) is 13.8 Å². The van der Waals surface area contributed by atoms with Crippen LogP contribution in [0.2, 0.25) is 0 Å². The first-order valence-electron chi connectivity index (χ1n) is 6.83. The summed E-state index contributed by atoms with van der Waals surface area (Å²) in [4.78, 5) is 0. The molecule has 2 saturated heterocycles. The molecule has 0 unspecified atom stereocenters. The number of ether oxygens (including phenoxy) is 4. The zero-order valence-electron chi connectivity index (χ0n) is 12.5. The van der Waals surface area contributed by atoms with E-state index in [9.17, 15) is 5.11 Å². The van der Waals surface area contributed by atoms with Crippen LogP contribution in [-0.4, -0.2) is 47.2 Å². The van der Waals surface area contributed by atoms with Gasteiger partial charge in [-0.2, -0.15) is 0 Å². The summed E-state index contributed by atoms with van der Waals surface area (Å²) in [7, 11) is 0. The number of aliphatic hydroxyl groups is 1. The first kappa shape index (κ1) is 15.7. The maximum absolute atomic E-state index is 10.1. The smallest absolute Gasteiger partial charge is 0.164 e. The molecule has 5 heteroatoms. The van der Waals surface area contributed by atoms with Gasteiger partial charge in [-0.1, -0.05) is 12.2 Å². The van der Waals surface area contributed by atoms with Crippen molar-refractivity contribution in [1.29, 1.82) is 0 Å². The molecule has 0 aromatic rings. The Hall–Kier alpha value is -0.720. The molecule has 2 aliphatic heterocycles. The van der Waals surface area contributed by atoms with Crippen molar-refractivity contribution in [1.82, 2.24) is 0 Å². The third-order valence-corrected chi connectivity index (χ3v) is 3.46. The molecule has 2 heterocycles. The lowest BCUT2D eigenvalue weighted by Crippen LogP contribution is -2.45. The van der Waals surface area contributed by atoms with Crippen LogP contribution < -0.4 is 0 Å². The van der Waals surface area contributed by atoms with Gasteiger partial charge in [0.1, 0.15) is 30.5 Å². The molecule has 0 amide bonds. The lowest BCUT2D eigenvalue weighted by Gasteiger charge is -2.26. The minimum atomic E-state index is -0.834. The van der Waals surface area contributed by atoms with E-state index in [1.54, 1.807) is 19.9 Å². The molecule has 0 bridgehead atoms. The average Bonchev–Trinajstić information content (AvgIpc) is 2.84. The molecule has 0 saturated carbocycles. The normalized spacial score (nSPS) is 40.5. The maximum Gasteiger partial charge on any atom is 0.164 e. The fourth-order valence-corrected chi connectivity index (χ4v) is 2.72. The highest BCUT2D eigenvalue weighted by atomic mass is 16.8. The molecule has 2 aliphatic rings. The van der Waals surface area contributed by atoms with Crippen LogP contribution in [0.1, 0.15) is 27.7 Å². The fourth-order valence-electron chi connectivity index (χ4n) is 2.72. The molecule has 5 nitrogen and oxygen atoms in total. The van der Waals surface area contributed by atoms with Crippen molar-refractivity contribution in [2.24, 2.45) is 0 Å². The van der Waals surface area contributed by atoms with Crippen LogP contribution >= 0.6 is 0 Å². The van der Waals surface area contributed by atoms with Crippen molar-refractivity contribution in [2.75, 3.05) is 0 Å². The first-order valence-corrected chi connectivity index (χ1v) is 6.83. The second-order valence-corrected chi connectivity index (χ2v) is 6.09. The number of hydrogen-bond donors (Lipinski definition) is 1. The van der Waals surface area contributed by atoms with Crippen LogP contribution in [0, 0.1) is 0 Å². The molecule has 1 N–H and O–H groups in total. The summed E-state index contributed by atoms with van der Waals surface area (Å²) >= 11 is 0. The van der Waals surface area contributed by atoms with Crippen LogP contribution in [0.5, 0.6) is 0 Å². The van der Waals surface area contributed by atoms with Crippen molar-refractivity contribution < 1.29 is 24.1 Å². The third-order valence-electron chi connectivity index (χ3n) is 3.46. The molecule has 0 aliphatic carbocycles. The molecule has 0 radical (unpaired) electrons.